The van der Waals surface area contributed by atoms with Crippen molar-refractivity contribution >= 4 is 5.97 Å². The van der Waals surface area contributed by atoms with Crippen LogP contribution >= 0.6 is 0 Å². The first kappa shape index (κ1) is 11.3. The second-order valence-electron chi connectivity index (χ2n) is 2.97. The Morgan fingerprint density at radius 2 is 1.79 bits per heavy atom. The van der Waals surface area contributed by atoms with Crippen LogP contribution in [0, 0.1) is 0 Å². The Morgan fingerprint density at radius 3 is 2.21 bits per heavy atom. The predicted molar refractivity (Wildman–Crippen MR) is 41.3 cm³/mol. The van der Waals surface area contributed by atoms with Crippen LogP contribution in [0.3, 0.4) is 0 Å². The van der Waals surface area contributed by atoms with Crippen LogP contribution in [0.2, 0.25) is 0 Å². The van der Waals surface area contributed by atoms with Crippen molar-refractivity contribution in [1.29, 1.82) is 0 Å². The van der Waals surface area contributed by atoms with Crippen LogP contribution in [0.1, 0.15) is 0 Å². The van der Waals surface area contributed by atoms with E-state index in [1.54, 1.807) is 0 Å². The van der Waals surface area contributed by atoms with Crippen molar-refractivity contribution in [3.05, 3.63) is 0 Å². The van der Waals surface area contributed by atoms with Gasteiger partial charge >= 0.3 is 5.97 Å². The number of aliphatic hydroxyl groups excluding tert-OH is 3. The van der Waals surface area contributed by atoms with Gasteiger partial charge in [0, 0.05) is 7.11 Å². The number of ether oxygens (including phenoxy) is 2. The van der Waals surface area contributed by atoms with E-state index in [1.807, 2.05) is 0 Å². The molecule has 1 saturated heterocycles. The highest BCUT2D eigenvalue weighted by Gasteiger charge is 2.46. The second-order valence-corrected chi connectivity index (χ2v) is 2.97. The molecule has 4 N–H and O–H groups in total. The molecule has 0 aromatic carbocycles. The lowest BCUT2D eigenvalue weighted by Gasteiger charge is -2.37. The molecule has 0 radical (unpaired) electrons. The normalized spacial score (nSPS) is 43.6. The quantitative estimate of drug-likeness (QED) is 0.397. The summed E-state index contributed by atoms with van der Waals surface area (Å²) in [7, 11) is 1.19. The largest absolute Gasteiger partial charge is 0.479 e. The summed E-state index contributed by atoms with van der Waals surface area (Å²) in [6.45, 7) is 0. The summed E-state index contributed by atoms with van der Waals surface area (Å²) in [4.78, 5) is 10.5. The molecule has 5 atom stereocenters. The molecule has 1 aliphatic heterocycles. The average Bonchev–Trinajstić information content (AvgIpc) is 2.14. The molecule has 7 nitrogen and oxygen atoms in total. The molecule has 82 valence electrons. The highest BCUT2D eigenvalue weighted by atomic mass is 16.7. The van der Waals surface area contributed by atoms with Gasteiger partial charge in [0.2, 0.25) is 0 Å². The lowest BCUT2D eigenvalue weighted by atomic mass is 9.99. The first-order valence-corrected chi connectivity index (χ1v) is 3.94. The van der Waals surface area contributed by atoms with E-state index >= 15 is 0 Å². The zero-order chi connectivity index (χ0) is 10.9. The van der Waals surface area contributed by atoms with Crippen molar-refractivity contribution < 1.29 is 34.7 Å². The van der Waals surface area contributed by atoms with E-state index in [2.05, 4.69) is 4.74 Å². The maximum Gasteiger partial charge on any atom is 0.335 e. The minimum Gasteiger partial charge on any atom is -0.479 e. The van der Waals surface area contributed by atoms with Gasteiger partial charge in [-0.15, -0.1) is 0 Å². The Hall–Kier alpha value is -0.730. The Balaban J connectivity index is 2.78. The summed E-state index contributed by atoms with van der Waals surface area (Å²) in [5.41, 5.74) is 0. The fourth-order valence-corrected chi connectivity index (χ4v) is 1.25. The molecule has 0 amide bonds. The highest BCUT2D eigenvalue weighted by molar-refractivity contribution is 5.73. The number of carboxylic acids is 1. The molecule has 1 unspecified atom stereocenters. The van der Waals surface area contributed by atoms with E-state index < -0.39 is 36.7 Å². The predicted octanol–water partition coefficient (Wildman–Crippen LogP) is -2.47. The molecule has 14 heavy (non-hydrogen) atoms. The third kappa shape index (κ3) is 1.86. The van der Waals surface area contributed by atoms with Gasteiger partial charge in [-0.1, -0.05) is 0 Å². The van der Waals surface area contributed by atoms with E-state index in [9.17, 15) is 20.1 Å². The molecule has 1 rings (SSSR count). The SMILES string of the molecule is CO[C@@H]1OC(C(=O)O)[C@@H](O)[C@H](O)[C@H]1O. The number of rotatable bonds is 2. The Kier molecular flexibility index (Phi) is 3.40. The molecular weight excluding hydrogens is 196 g/mol. The van der Waals surface area contributed by atoms with Crippen LogP contribution in [0.4, 0.5) is 0 Å². The summed E-state index contributed by atoms with van der Waals surface area (Å²) in [5, 5.41) is 36.3. The van der Waals surface area contributed by atoms with Crippen LogP contribution < -0.4 is 0 Å². The van der Waals surface area contributed by atoms with Crippen molar-refractivity contribution in [3.8, 4) is 0 Å². The highest BCUT2D eigenvalue weighted by Crippen LogP contribution is 2.21. The molecule has 0 aromatic rings. The molecule has 0 bridgehead atoms. The summed E-state index contributed by atoms with van der Waals surface area (Å²) >= 11 is 0. The minimum atomic E-state index is -1.67. The van der Waals surface area contributed by atoms with E-state index in [0.29, 0.717) is 0 Å². The minimum absolute atomic E-state index is 1.19. The van der Waals surface area contributed by atoms with Crippen molar-refractivity contribution in [2.24, 2.45) is 0 Å². The molecule has 0 saturated carbocycles. The number of aliphatic hydroxyl groups is 3. The second kappa shape index (κ2) is 4.20. The van der Waals surface area contributed by atoms with Crippen LogP contribution in [-0.4, -0.2) is 64.2 Å². The number of hydrogen-bond donors (Lipinski definition) is 4. The topological polar surface area (TPSA) is 116 Å². The third-order valence-corrected chi connectivity index (χ3v) is 2.05. The van der Waals surface area contributed by atoms with Crippen molar-refractivity contribution in [2.45, 2.75) is 30.7 Å². The molecule has 0 aliphatic carbocycles. The van der Waals surface area contributed by atoms with Gasteiger partial charge in [-0.25, -0.2) is 4.79 Å². The van der Waals surface area contributed by atoms with Crippen molar-refractivity contribution in [2.75, 3.05) is 7.11 Å². The van der Waals surface area contributed by atoms with Gasteiger partial charge in [-0.2, -0.15) is 0 Å². The lowest BCUT2D eigenvalue weighted by Crippen LogP contribution is -2.60. The molecule has 1 heterocycles. The smallest absolute Gasteiger partial charge is 0.335 e. The molecule has 0 spiro atoms. The first-order chi connectivity index (χ1) is 6.49. The standard InChI is InChI=1S/C7H12O7/c1-13-7-4(10)2(8)3(9)5(14-7)6(11)12/h2-5,7-10H,1H3,(H,11,12)/t2-,3-,4+,5?,7+/m0/s1. The molecule has 7 heteroatoms. The van der Waals surface area contributed by atoms with Gasteiger partial charge < -0.3 is 29.9 Å². The Morgan fingerprint density at radius 1 is 1.21 bits per heavy atom. The van der Waals surface area contributed by atoms with E-state index in [0.717, 1.165) is 0 Å². The number of methoxy groups -OCH3 is 1. The Bertz CT molecular complexity index is 216. The number of aliphatic carboxylic acids is 1. The van der Waals surface area contributed by atoms with Gasteiger partial charge in [-0.05, 0) is 0 Å². The number of carbonyl (C=O) groups is 1. The number of carboxylic acid groups (broad SMARTS) is 1. The first-order valence-electron chi connectivity index (χ1n) is 3.94. The van der Waals surface area contributed by atoms with Crippen LogP contribution in [0.25, 0.3) is 0 Å². The monoisotopic (exact) mass is 208 g/mol. The average molecular weight is 208 g/mol. The van der Waals surface area contributed by atoms with Gasteiger partial charge in [-0.3, -0.25) is 0 Å². The molecule has 0 aromatic heterocycles. The zero-order valence-corrected chi connectivity index (χ0v) is 7.40. The summed E-state index contributed by atoms with van der Waals surface area (Å²) < 4.78 is 9.31. The molecule has 1 aliphatic rings. The third-order valence-electron chi connectivity index (χ3n) is 2.05. The van der Waals surface area contributed by atoms with Crippen molar-refractivity contribution in [1.82, 2.24) is 0 Å². The summed E-state index contributed by atoms with van der Waals surface area (Å²) in [6.07, 6.45) is -7.60. The van der Waals surface area contributed by atoms with Crippen LogP contribution in [0.5, 0.6) is 0 Å². The van der Waals surface area contributed by atoms with Crippen LogP contribution in [0.15, 0.2) is 0 Å². The molecule has 1 fully saturated rings. The fourth-order valence-electron chi connectivity index (χ4n) is 1.25. The lowest BCUT2D eigenvalue weighted by molar-refractivity contribution is -0.287. The van der Waals surface area contributed by atoms with Crippen LogP contribution in [-0.2, 0) is 14.3 Å². The fraction of sp³-hybridized carbons (Fsp3) is 0.857. The summed E-state index contributed by atoms with van der Waals surface area (Å²) in [5.74, 6) is -1.43. The Labute approximate surface area is 79.5 Å². The van der Waals surface area contributed by atoms with Crippen molar-refractivity contribution in [3.63, 3.8) is 0 Å². The molecular formula is C7H12O7. The van der Waals surface area contributed by atoms with Gasteiger partial charge in [0.25, 0.3) is 0 Å². The van der Waals surface area contributed by atoms with Gasteiger partial charge in [0.1, 0.15) is 18.3 Å². The zero-order valence-electron chi connectivity index (χ0n) is 7.40. The van der Waals surface area contributed by atoms with Gasteiger partial charge in [0.05, 0.1) is 0 Å². The maximum absolute atomic E-state index is 10.5. The summed E-state index contributed by atoms with van der Waals surface area (Å²) in [6, 6.07) is 0. The van der Waals surface area contributed by atoms with E-state index in [-0.39, 0.29) is 0 Å². The van der Waals surface area contributed by atoms with Gasteiger partial charge in [0.15, 0.2) is 12.4 Å². The number of hydrogen-bond acceptors (Lipinski definition) is 6. The van der Waals surface area contributed by atoms with E-state index in [4.69, 9.17) is 9.84 Å². The van der Waals surface area contributed by atoms with E-state index in [1.165, 1.54) is 7.11 Å². The maximum atomic E-state index is 10.5.